The number of hydrogen-bond acceptors (Lipinski definition) is 7. The number of carbonyl (C=O) groups excluding carboxylic acids is 1. The summed E-state index contributed by atoms with van der Waals surface area (Å²) < 4.78 is 17.7. The molecule has 3 aliphatic rings. The van der Waals surface area contributed by atoms with Crippen molar-refractivity contribution in [3.63, 3.8) is 0 Å². The standard InChI is InChI=1S/C22H26N4O5/c1-29-18-7-6-14(10-19(18)30-2)17(26-8-4-5-9-26)13-25-11-15-20(23-24-21(15)27)16(12-25)22(28)31-3/h6-7,10-12,17H,4-5,8-9,13H2,1-3H3,(H,24,27). The van der Waals surface area contributed by atoms with Crippen LogP contribution in [0.3, 0.4) is 0 Å². The molecule has 0 amide bonds. The van der Waals surface area contributed by atoms with Gasteiger partial charge in [-0.05, 0) is 43.6 Å². The first-order valence-corrected chi connectivity index (χ1v) is 10.2. The monoisotopic (exact) mass is 426 g/mol. The first kappa shape index (κ1) is 20.9. The summed E-state index contributed by atoms with van der Waals surface area (Å²) >= 11 is 0. The van der Waals surface area contributed by atoms with E-state index in [9.17, 15) is 9.59 Å². The fourth-order valence-electron chi connectivity index (χ4n) is 4.20. The van der Waals surface area contributed by atoms with Crippen LogP contribution < -0.4 is 15.0 Å². The Hall–Kier alpha value is -3.33. The Bertz CT molecular complexity index is 1100. The van der Waals surface area contributed by atoms with Crippen molar-refractivity contribution < 1.29 is 19.0 Å². The molecule has 0 spiro atoms. The number of benzene rings is 1. The van der Waals surface area contributed by atoms with Crippen molar-refractivity contribution in [2.75, 3.05) is 34.4 Å². The molecule has 3 heterocycles. The molecule has 9 nitrogen and oxygen atoms in total. The van der Waals surface area contributed by atoms with Crippen LogP contribution in [-0.4, -0.2) is 60.1 Å². The number of aromatic amines is 1. The molecule has 164 valence electrons. The zero-order valence-electron chi connectivity index (χ0n) is 17.9. The lowest BCUT2D eigenvalue weighted by atomic mass is 10.0. The molecule has 4 rings (SSSR count). The average molecular weight is 426 g/mol. The van der Waals surface area contributed by atoms with Crippen LogP contribution in [0.1, 0.15) is 34.8 Å². The number of ether oxygens (including phenoxy) is 3. The number of rotatable bonds is 7. The van der Waals surface area contributed by atoms with Crippen molar-refractivity contribution in [2.24, 2.45) is 0 Å². The van der Waals surface area contributed by atoms with Gasteiger partial charge in [0.15, 0.2) is 11.5 Å². The number of aromatic nitrogens is 3. The normalized spacial score (nSPS) is 15.2. The van der Waals surface area contributed by atoms with Crippen molar-refractivity contribution in [1.29, 1.82) is 0 Å². The minimum absolute atomic E-state index is 0.0252. The molecule has 9 heteroatoms. The third-order valence-corrected chi connectivity index (χ3v) is 5.78. The Kier molecular flexibility index (Phi) is 5.94. The molecule has 1 aromatic carbocycles. The van der Waals surface area contributed by atoms with Crippen molar-refractivity contribution in [2.45, 2.75) is 25.4 Å². The molecule has 0 bridgehead atoms. The maximum absolute atomic E-state index is 12.3. The SMILES string of the molecule is COC(=O)c1cn(CC(c2ccc(OC)c(OC)c2)N2CCCC2)cc2c(=O)[nH]nc1-2. The second-order valence-electron chi connectivity index (χ2n) is 7.55. The Balaban J connectivity index is 1.77. The Morgan fingerprint density at radius 1 is 1.13 bits per heavy atom. The summed E-state index contributed by atoms with van der Waals surface area (Å²) in [5, 5.41) is 6.42. The van der Waals surface area contributed by atoms with Gasteiger partial charge in [0.1, 0.15) is 11.3 Å². The summed E-state index contributed by atoms with van der Waals surface area (Å²) in [6, 6.07) is 5.94. The van der Waals surface area contributed by atoms with E-state index in [0.29, 0.717) is 29.3 Å². The van der Waals surface area contributed by atoms with Crippen LogP contribution in [0.15, 0.2) is 35.4 Å². The number of likely N-dealkylation sites (tertiary alicyclic amines) is 1. The number of esters is 1. The Labute approximate surface area is 179 Å². The fraction of sp³-hybridized carbons (Fsp3) is 0.409. The Morgan fingerprint density at radius 3 is 2.55 bits per heavy atom. The van der Waals surface area contributed by atoms with Crippen LogP contribution in [0.5, 0.6) is 11.5 Å². The lowest BCUT2D eigenvalue weighted by molar-refractivity contribution is 0.0600. The minimum atomic E-state index is -0.533. The molecular weight excluding hydrogens is 400 g/mol. The van der Waals surface area contributed by atoms with Crippen LogP contribution in [0, 0.1) is 0 Å². The van der Waals surface area contributed by atoms with E-state index in [4.69, 9.17) is 14.2 Å². The molecule has 0 radical (unpaired) electrons. The van der Waals surface area contributed by atoms with Crippen LogP contribution in [0.2, 0.25) is 0 Å². The van der Waals surface area contributed by atoms with E-state index in [0.717, 1.165) is 31.5 Å². The molecule has 1 atom stereocenters. The van der Waals surface area contributed by atoms with E-state index >= 15 is 0 Å². The third-order valence-electron chi connectivity index (χ3n) is 5.78. The maximum Gasteiger partial charge on any atom is 0.341 e. The first-order valence-electron chi connectivity index (χ1n) is 10.2. The number of hydrogen-bond donors (Lipinski definition) is 1. The van der Waals surface area contributed by atoms with E-state index in [1.807, 2.05) is 22.8 Å². The number of pyridine rings is 1. The quantitative estimate of drug-likeness (QED) is 0.579. The van der Waals surface area contributed by atoms with Crippen LogP contribution in [-0.2, 0) is 11.3 Å². The van der Waals surface area contributed by atoms with E-state index in [1.165, 1.54) is 7.11 Å². The van der Waals surface area contributed by atoms with Crippen molar-refractivity contribution >= 4 is 5.97 Å². The van der Waals surface area contributed by atoms with Gasteiger partial charge >= 0.3 is 5.97 Å². The highest BCUT2D eigenvalue weighted by molar-refractivity contribution is 5.95. The van der Waals surface area contributed by atoms with E-state index in [-0.39, 0.29) is 17.2 Å². The summed E-state index contributed by atoms with van der Waals surface area (Å²) in [7, 11) is 4.54. The molecule has 1 fully saturated rings. The van der Waals surface area contributed by atoms with Gasteiger partial charge in [-0.3, -0.25) is 9.69 Å². The number of fused-ring (bicyclic) bond motifs is 1. The van der Waals surface area contributed by atoms with Gasteiger partial charge in [-0.1, -0.05) is 6.07 Å². The van der Waals surface area contributed by atoms with E-state index in [2.05, 4.69) is 15.1 Å². The Morgan fingerprint density at radius 2 is 1.87 bits per heavy atom. The zero-order valence-corrected chi connectivity index (χ0v) is 17.9. The van der Waals surface area contributed by atoms with Gasteiger partial charge in [0.2, 0.25) is 0 Å². The number of methoxy groups -OCH3 is 3. The van der Waals surface area contributed by atoms with Crippen molar-refractivity contribution in [3.05, 3.63) is 52.1 Å². The van der Waals surface area contributed by atoms with Crippen molar-refractivity contribution in [1.82, 2.24) is 19.7 Å². The average Bonchev–Trinajstić information content (AvgIpc) is 3.46. The number of carbonyl (C=O) groups is 1. The number of nitrogens with one attached hydrogen (secondary N) is 1. The highest BCUT2D eigenvalue weighted by Gasteiger charge is 2.27. The number of nitrogens with zero attached hydrogens (tertiary/aromatic N) is 3. The second kappa shape index (κ2) is 8.81. The molecular formula is C22H26N4O5. The van der Waals surface area contributed by atoms with Gasteiger partial charge in [-0.2, -0.15) is 5.10 Å². The lowest BCUT2D eigenvalue weighted by Crippen LogP contribution is -2.29. The van der Waals surface area contributed by atoms with Gasteiger partial charge in [-0.25, -0.2) is 9.89 Å². The fourth-order valence-corrected chi connectivity index (χ4v) is 4.20. The molecule has 0 aliphatic carbocycles. The molecule has 0 saturated carbocycles. The summed E-state index contributed by atoms with van der Waals surface area (Å²) in [6.45, 7) is 2.49. The van der Waals surface area contributed by atoms with Crippen molar-refractivity contribution in [3.8, 4) is 22.8 Å². The molecule has 31 heavy (non-hydrogen) atoms. The summed E-state index contributed by atoms with van der Waals surface area (Å²) in [6.07, 6.45) is 5.69. The first-order chi connectivity index (χ1) is 15.0. The van der Waals surface area contributed by atoms with Gasteiger partial charge in [0.05, 0.1) is 32.9 Å². The van der Waals surface area contributed by atoms with Crippen LogP contribution >= 0.6 is 0 Å². The molecule has 1 N–H and O–H groups in total. The smallest absolute Gasteiger partial charge is 0.341 e. The molecule has 1 saturated heterocycles. The van der Waals surface area contributed by atoms with Gasteiger partial charge in [0, 0.05) is 18.9 Å². The molecule has 0 aromatic heterocycles. The largest absolute Gasteiger partial charge is 0.493 e. The molecule has 3 aliphatic heterocycles. The highest BCUT2D eigenvalue weighted by atomic mass is 16.5. The molecule has 1 aromatic rings. The molecule has 1 unspecified atom stereocenters. The third kappa shape index (κ3) is 4.00. The van der Waals surface area contributed by atoms with Gasteiger partial charge < -0.3 is 18.8 Å². The number of H-pyrrole nitrogens is 1. The highest BCUT2D eigenvalue weighted by Crippen LogP contribution is 2.34. The zero-order chi connectivity index (χ0) is 22.0. The maximum atomic E-state index is 12.3. The van der Waals surface area contributed by atoms with E-state index < -0.39 is 5.97 Å². The van der Waals surface area contributed by atoms with Gasteiger partial charge in [-0.15, -0.1) is 0 Å². The predicted molar refractivity (Wildman–Crippen MR) is 114 cm³/mol. The summed E-state index contributed by atoms with van der Waals surface area (Å²) in [5.74, 6) is 0.800. The van der Waals surface area contributed by atoms with Gasteiger partial charge in [0.25, 0.3) is 5.56 Å². The van der Waals surface area contributed by atoms with Crippen LogP contribution in [0.25, 0.3) is 11.3 Å². The summed E-state index contributed by atoms with van der Waals surface area (Å²) in [5.41, 5.74) is 1.66. The second-order valence-corrected chi connectivity index (χ2v) is 7.55. The predicted octanol–water partition coefficient (Wildman–Crippen LogP) is 2.32. The topological polar surface area (TPSA) is 98.7 Å². The lowest BCUT2D eigenvalue weighted by Gasteiger charge is -2.29. The summed E-state index contributed by atoms with van der Waals surface area (Å²) in [4.78, 5) is 27.0. The minimum Gasteiger partial charge on any atom is -0.493 e. The van der Waals surface area contributed by atoms with E-state index in [1.54, 1.807) is 26.6 Å². The van der Waals surface area contributed by atoms with Crippen LogP contribution in [0.4, 0.5) is 0 Å².